The van der Waals surface area contributed by atoms with Crippen molar-refractivity contribution in [2.45, 2.75) is 32.0 Å². The quantitative estimate of drug-likeness (QED) is 0.319. The minimum Gasteiger partial charge on any atom is -0.507 e. The number of carbonyl (C=O) groups excluding carboxylic acids is 2. The van der Waals surface area contributed by atoms with Crippen LogP contribution in [-0.2, 0) is 22.6 Å². The zero-order valence-electron chi connectivity index (χ0n) is 20.2. The molecule has 5 rings (SSSR count). The highest BCUT2D eigenvalue weighted by molar-refractivity contribution is 6.46. The van der Waals surface area contributed by atoms with E-state index in [0.29, 0.717) is 29.0 Å². The molecule has 2 aliphatic rings. The number of pyridine rings is 1. The number of amides is 1. The zero-order chi connectivity index (χ0) is 25.4. The van der Waals surface area contributed by atoms with Gasteiger partial charge < -0.3 is 24.2 Å². The van der Waals surface area contributed by atoms with E-state index in [1.165, 1.54) is 12.0 Å². The van der Waals surface area contributed by atoms with Crippen molar-refractivity contribution in [2.75, 3.05) is 14.2 Å². The molecule has 1 fully saturated rings. The first-order valence-corrected chi connectivity index (χ1v) is 11.6. The van der Waals surface area contributed by atoms with Gasteiger partial charge in [0, 0.05) is 42.6 Å². The molecule has 2 atom stereocenters. The van der Waals surface area contributed by atoms with Gasteiger partial charge in [-0.2, -0.15) is 0 Å². The fourth-order valence-electron chi connectivity index (χ4n) is 4.82. The second kappa shape index (κ2) is 9.37. The van der Waals surface area contributed by atoms with Crippen LogP contribution < -0.4 is 14.2 Å². The maximum absolute atomic E-state index is 13.4. The van der Waals surface area contributed by atoms with Crippen molar-refractivity contribution >= 4 is 17.4 Å². The van der Waals surface area contributed by atoms with Gasteiger partial charge in [0.15, 0.2) is 0 Å². The Morgan fingerprint density at radius 2 is 1.86 bits per heavy atom. The van der Waals surface area contributed by atoms with Crippen LogP contribution in [0, 0.1) is 0 Å². The number of ketones is 1. The number of aromatic nitrogens is 1. The van der Waals surface area contributed by atoms with Gasteiger partial charge in [-0.3, -0.25) is 14.6 Å². The molecule has 3 aromatic rings. The van der Waals surface area contributed by atoms with Gasteiger partial charge in [-0.25, -0.2) is 0 Å². The van der Waals surface area contributed by atoms with Crippen LogP contribution in [-0.4, -0.2) is 47.0 Å². The summed E-state index contributed by atoms with van der Waals surface area (Å²) >= 11 is 0. The van der Waals surface area contributed by atoms with Gasteiger partial charge in [-0.15, -0.1) is 0 Å². The largest absolute Gasteiger partial charge is 0.507 e. The summed E-state index contributed by atoms with van der Waals surface area (Å²) < 4.78 is 16.7. The Kier molecular flexibility index (Phi) is 6.10. The lowest BCUT2D eigenvalue weighted by molar-refractivity contribution is -0.140. The van der Waals surface area contributed by atoms with Crippen molar-refractivity contribution < 1.29 is 28.9 Å². The molecule has 0 spiro atoms. The molecule has 36 heavy (non-hydrogen) atoms. The third kappa shape index (κ3) is 4.04. The van der Waals surface area contributed by atoms with E-state index >= 15 is 0 Å². The van der Waals surface area contributed by atoms with Crippen LogP contribution in [0.2, 0.25) is 0 Å². The van der Waals surface area contributed by atoms with E-state index in [0.717, 1.165) is 16.9 Å². The van der Waals surface area contributed by atoms with Crippen LogP contribution in [0.1, 0.15) is 35.2 Å². The van der Waals surface area contributed by atoms with Crippen molar-refractivity contribution in [3.63, 3.8) is 0 Å². The van der Waals surface area contributed by atoms with Gasteiger partial charge in [0.2, 0.25) is 0 Å². The number of hydrogen-bond donors (Lipinski definition) is 1. The molecule has 0 unspecified atom stereocenters. The van der Waals surface area contributed by atoms with Crippen LogP contribution in [0.25, 0.3) is 5.76 Å². The lowest BCUT2D eigenvalue weighted by atomic mass is 9.93. The van der Waals surface area contributed by atoms with Crippen LogP contribution in [0.15, 0.2) is 66.5 Å². The van der Waals surface area contributed by atoms with Crippen LogP contribution in [0.4, 0.5) is 0 Å². The highest BCUT2D eigenvalue weighted by Crippen LogP contribution is 2.44. The summed E-state index contributed by atoms with van der Waals surface area (Å²) in [4.78, 5) is 32.2. The van der Waals surface area contributed by atoms with Gasteiger partial charge in [0.1, 0.15) is 29.1 Å². The lowest BCUT2D eigenvalue weighted by Crippen LogP contribution is -2.29. The number of fused-ring (bicyclic) bond motifs is 1. The third-order valence-corrected chi connectivity index (χ3v) is 6.55. The van der Waals surface area contributed by atoms with Crippen LogP contribution in [0.3, 0.4) is 0 Å². The number of nitrogens with zero attached hydrogens (tertiary/aromatic N) is 2. The molecular formula is C28H26N2O6. The number of benzene rings is 2. The lowest BCUT2D eigenvalue weighted by Gasteiger charge is -2.27. The van der Waals surface area contributed by atoms with Gasteiger partial charge in [0.25, 0.3) is 11.7 Å². The van der Waals surface area contributed by atoms with E-state index in [2.05, 4.69) is 4.98 Å². The summed E-state index contributed by atoms with van der Waals surface area (Å²) in [6.07, 6.45) is 3.99. The first-order valence-electron chi connectivity index (χ1n) is 11.6. The Morgan fingerprint density at radius 1 is 1.08 bits per heavy atom. The fraction of sp³-hybridized carbons (Fsp3) is 0.250. The molecule has 3 heterocycles. The second-order valence-corrected chi connectivity index (χ2v) is 8.85. The van der Waals surface area contributed by atoms with E-state index in [1.807, 2.05) is 13.0 Å². The molecule has 0 aliphatic carbocycles. The molecule has 184 valence electrons. The van der Waals surface area contributed by atoms with E-state index in [1.54, 1.807) is 62.0 Å². The highest BCUT2D eigenvalue weighted by atomic mass is 16.5. The van der Waals surface area contributed by atoms with Gasteiger partial charge in [0.05, 0.1) is 25.8 Å². The van der Waals surface area contributed by atoms with Crippen molar-refractivity contribution in [1.29, 1.82) is 0 Å². The van der Waals surface area contributed by atoms with E-state index in [4.69, 9.17) is 14.2 Å². The highest BCUT2D eigenvalue weighted by Gasteiger charge is 2.47. The topological polar surface area (TPSA) is 98.2 Å². The summed E-state index contributed by atoms with van der Waals surface area (Å²) in [5.41, 5.74) is 2.76. The smallest absolute Gasteiger partial charge is 0.295 e. The minimum atomic E-state index is -0.873. The Balaban J connectivity index is 1.67. The number of likely N-dealkylation sites (tertiary alicyclic amines) is 1. The maximum atomic E-state index is 13.4. The Labute approximate surface area is 208 Å². The molecule has 1 saturated heterocycles. The van der Waals surface area contributed by atoms with Gasteiger partial charge in [-0.1, -0.05) is 0 Å². The Morgan fingerprint density at radius 3 is 2.58 bits per heavy atom. The second-order valence-electron chi connectivity index (χ2n) is 8.85. The molecule has 1 aromatic heterocycles. The number of ether oxygens (including phenoxy) is 3. The number of methoxy groups -OCH3 is 2. The van der Waals surface area contributed by atoms with E-state index < -0.39 is 17.7 Å². The van der Waals surface area contributed by atoms with Gasteiger partial charge in [-0.05, 0) is 60.5 Å². The number of aliphatic hydroxyl groups excluding tert-OH is 1. The molecule has 2 aromatic carbocycles. The molecule has 8 heteroatoms. The van der Waals surface area contributed by atoms with Crippen molar-refractivity contribution in [3.05, 3.63) is 88.8 Å². The molecule has 0 radical (unpaired) electrons. The van der Waals surface area contributed by atoms with Crippen molar-refractivity contribution in [3.8, 4) is 17.2 Å². The molecule has 2 aliphatic heterocycles. The zero-order valence-corrected chi connectivity index (χ0v) is 20.2. The minimum absolute atomic E-state index is 0.00411. The summed E-state index contributed by atoms with van der Waals surface area (Å²) in [7, 11) is 3.05. The average molecular weight is 487 g/mol. The van der Waals surface area contributed by atoms with Gasteiger partial charge >= 0.3 is 0 Å². The number of hydrogen-bond acceptors (Lipinski definition) is 7. The first kappa shape index (κ1) is 23.4. The van der Waals surface area contributed by atoms with Crippen molar-refractivity contribution in [1.82, 2.24) is 9.88 Å². The summed E-state index contributed by atoms with van der Waals surface area (Å²) in [6, 6.07) is 13.2. The first-order chi connectivity index (χ1) is 17.4. The summed E-state index contributed by atoms with van der Waals surface area (Å²) in [5, 5.41) is 11.4. The Hall–Kier alpha value is -4.33. The summed E-state index contributed by atoms with van der Waals surface area (Å²) in [6.45, 7) is 2.12. The fourth-order valence-corrected chi connectivity index (χ4v) is 4.82. The van der Waals surface area contributed by atoms with Crippen LogP contribution in [0.5, 0.6) is 17.2 Å². The Bertz CT molecular complexity index is 1370. The standard InChI is InChI=1S/C28H26N2O6/c1-16-12-19-13-18(4-7-22(19)36-16)26(31)24-25(21-6-5-20(34-2)14-23(21)35-3)30(28(33)27(24)32)15-17-8-10-29-11-9-17/h4-11,13-14,16,25,31H,12,15H2,1-3H3/t16-,25+/m0/s1. The number of rotatable bonds is 6. The molecule has 0 saturated carbocycles. The molecule has 1 amide bonds. The monoisotopic (exact) mass is 486 g/mol. The number of carbonyl (C=O) groups is 2. The predicted octanol–water partition coefficient (Wildman–Crippen LogP) is 4.04. The number of aliphatic hydroxyl groups is 1. The van der Waals surface area contributed by atoms with E-state index in [9.17, 15) is 14.7 Å². The third-order valence-electron chi connectivity index (χ3n) is 6.55. The molecule has 0 bridgehead atoms. The normalized spacial score (nSPS) is 20.2. The summed E-state index contributed by atoms with van der Waals surface area (Å²) in [5.74, 6) is 0.0581. The maximum Gasteiger partial charge on any atom is 0.295 e. The predicted molar refractivity (Wildman–Crippen MR) is 132 cm³/mol. The number of Topliss-reactive ketones (excluding diaryl/α,β-unsaturated/α-hetero) is 1. The van der Waals surface area contributed by atoms with Crippen LogP contribution >= 0.6 is 0 Å². The van der Waals surface area contributed by atoms with Crippen molar-refractivity contribution in [2.24, 2.45) is 0 Å². The van der Waals surface area contributed by atoms with E-state index in [-0.39, 0.29) is 24.0 Å². The SMILES string of the molecule is COc1ccc([C@@H]2C(=C(O)c3ccc4c(c3)C[C@H](C)O4)C(=O)C(=O)N2Cc2ccncc2)c(OC)c1. The average Bonchev–Trinajstić information content (AvgIpc) is 3.39. The molecule has 1 N–H and O–H groups in total. The molecule has 8 nitrogen and oxygen atoms in total. The molecular weight excluding hydrogens is 460 g/mol.